The first kappa shape index (κ1) is 22.1. The third-order valence-corrected chi connectivity index (χ3v) is 5.79. The third-order valence-electron chi connectivity index (χ3n) is 5.49. The number of pyridine rings is 1. The fourth-order valence-electron chi connectivity index (χ4n) is 3.89. The van der Waals surface area contributed by atoms with Crippen LogP contribution < -0.4 is 4.74 Å². The zero-order chi connectivity index (χ0) is 24.1. The van der Waals surface area contributed by atoms with Crippen molar-refractivity contribution in [3.05, 3.63) is 88.3 Å². The molecule has 0 amide bonds. The van der Waals surface area contributed by atoms with E-state index in [1.807, 2.05) is 19.9 Å². The monoisotopic (exact) mass is 479 g/mol. The number of alkyl halides is 3. The van der Waals surface area contributed by atoms with Gasteiger partial charge in [0.15, 0.2) is 0 Å². The summed E-state index contributed by atoms with van der Waals surface area (Å²) in [4.78, 5) is 12.1. The lowest BCUT2D eigenvalue weighted by Gasteiger charge is -2.31. The summed E-state index contributed by atoms with van der Waals surface area (Å²) in [6, 6.07) is 12.3. The molecule has 0 saturated heterocycles. The minimum atomic E-state index is -4.47. The van der Waals surface area contributed by atoms with Gasteiger partial charge >= 0.3 is 6.18 Å². The summed E-state index contributed by atoms with van der Waals surface area (Å²) in [5.41, 5.74) is 1.94. The second-order valence-electron chi connectivity index (χ2n) is 8.28. The maximum atomic E-state index is 13.3. The van der Waals surface area contributed by atoms with Gasteiger partial charge in [-0.3, -0.25) is 4.98 Å². The molecule has 3 heterocycles. The number of fused-ring (bicyclic) bond motifs is 3. The Bertz CT molecular complexity index is 1480. The highest BCUT2D eigenvalue weighted by atomic mass is 35.5. The summed E-state index contributed by atoms with van der Waals surface area (Å²) >= 11 is 6.30. The van der Waals surface area contributed by atoms with Crippen LogP contribution in [-0.2, 0) is 11.8 Å². The van der Waals surface area contributed by atoms with Crippen LogP contribution in [0.15, 0.2) is 60.9 Å². The molecular weight excluding hydrogens is 463 g/mol. The van der Waals surface area contributed by atoms with E-state index < -0.39 is 17.3 Å². The molecule has 0 saturated carbocycles. The normalized spacial score (nSPS) is 13.8. The van der Waals surface area contributed by atoms with Crippen molar-refractivity contribution >= 4 is 11.6 Å². The predicted octanol–water partition coefficient (Wildman–Crippen LogP) is 6.84. The van der Waals surface area contributed by atoms with Crippen LogP contribution in [0.4, 0.5) is 13.2 Å². The van der Waals surface area contributed by atoms with E-state index in [0.29, 0.717) is 27.7 Å². The number of nitrogens with one attached hydrogen (secondary N) is 1. The molecule has 0 unspecified atom stereocenters. The van der Waals surface area contributed by atoms with Gasteiger partial charge < -0.3 is 9.72 Å². The van der Waals surface area contributed by atoms with Crippen LogP contribution in [0.5, 0.6) is 5.75 Å². The van der Waals surface area contributed by atoms with Gasteiger partial charge in [-0.2, -0.15) is 13.2 Å². The number of ether oxygens (including phenoxy) is 1. The quantitative estimate of drug-likeness (QED) is 0.304. The van der Waals surface area contributed by atoms with Crippen LogP contribution in [0.3, 0.4) is 0 Å². The van der Waals surface area contributed by atoms with Crippen LogP contribution in [0.2, 0.25) is 5.02 Å². The molecular formula is C26H17ClF3N3O. The number of aromatic amines is 1. The van der Waals surface area contributed by atoms with Gasteiger partial charge in [-0.25, -0.2) is 4.98 Å². The largest absolute Gasteiger partial charge is 0.481 e. The highest BCUT2D eigenvalue weighted by Gasteiger charge is 2.37. The van der Waals surface area contributed by atoms with Crippen molar-refractivity contribution in [2.24, 2.45) is 0 Å². The van der Waals surface area contributed by atoms with Gasteiger partial charge in [-0.05, 0) is 50.2 Å². The van der Waals surface area contributed by atoms with Gasteiger partial charge in [0.1, 0.15) is 22.9 Å². The topological polar surface area (TPSA) is 50.8 Å². The molecule has 0 aliphatic carbocycles. The number of hydrogen-bond acceptors (Lipinski definition) is 3. The minimum Gasteiger partial charge on any atom is -0.481 e. The van der Waals surface area contributed by atoms with Crippen molar-refractivity contribution in [3.8, 4) is 40.2 Å². The lowest BCUT2D eigenvalue weighted by molar-refractivity contribution is -0.137. The molecule has 1 aliphatic rings. The molecule has 0 fully saturated rings. The lowest BCUT2D eigenvalue weighted by atomic mass is 9.94. The second kappa shape index (κ2) is 7.93. The first-order chi connectivity index (χ1) is 16.1. The molecule has 170 valence electrons. The molecule has 4 aromatic rings. The summed E-state index contributed by atoms with van der Waals surface area (Å²) < 4.78 is 46.0. The Kier molecular flexibility index (Phi) is 5.14. The number of hydrogen-bond donors (Lipinski definition) is 1. The summed E-state index contributed by atoms with van der Waals surface area (Å²) in [6.45, 7) is 3.79. The Hall–Kier alpha value is -3.76. The minimum absolute atomic E-state index is 0.0799. The van der Waals surface area contributed by atoms with Crippen LogP contribution in [-0.4, -0.2) is 15.0 Å². The summed E-state index contributed by atoms with van der Waals surface area (Å²) in [5, 5.41) is 0.470. The zero-order valence-electron chi connectivity index (χ0n) is 18.1. The van der Waals surface area contributed by atoms with Crippen molar-refractivity contribution in [1.29, 1.82) is 0 Å². The number of imidazole rings is 1. The summed E-state index contributed by atoms with van der Waals surface area (Å²) in [6.07, 6.45) is -1.28. The van der Waals surface area contributed by atoms with Crippen molar-refractivity contribution in [3.63, 3.8) is 0 Å². The van der Waals surface area contributed by atoms with Crippen LogP contribution in [0.1, 0.15) is 36.2 Å². The smallest absolute Gasteiger partial charge is 0.417 e. The number of aromatic nitrogens is 3. The molecule has 0 bridgehead atoms. The van der Waals surface area contributed by atoms with Gasteiger partial charge in [0.25, 0.3) is 0 Å². The molecule has 0 radical (unpaired) electrons. The van der Waals surface area contributed by atoms with Gasteiger partial charge in [-0.15, -0.1) is 0 Å². The molecule has 0 atom stereocenters. The predicted molar refractivity (Wildman–Crippen MR) is 123 cm³/mol. The van der Waals surface area contributed by atoms with Gasteiger partial charge in [-0.1, -0.05) is 35.6 Å². The molecule has 4 nitrogen and oxygen atoms in total. The molecule has 8 heteroatoms. The van der Waals surface area contributed by atoms with E-state index in [2.05, 4.69) is 21.8 Å². The maximum absolute atomic E-state index is 13.3. The van der Waals surface area contributed by atoms with E-state index in [1.54, 1.807) is 30.6 Å². The average Bonchev–Trinajstić information content (AvgIpc) is 3.24. The van der Waals surface area contributed by atoms with E-state index in [4.69, 9.17) is 21.3 Å². The molecule has 2 aromatic heterocycles. The van der Waals surface area contributed by atoms with E-state index in [9.17, 15) is 13.2 Å². The van der Waals surface area contributed by atoms with Gasteiger partial charge in [0, 0.05) is 34.6 Å². The van der Waals surface area contributed by atoms with Gasteiger partial charge in [0.2, 0.25) is 0 Å². The van der Waals surface area contributed by atoms with Crippen molar-refractivity contribution in [2.45, 2.75) is 25.6 Å². The van der Waals surface area contributed by atoms with Crippen LogP contribution in [0.25, 0.3) is 22.6 Å². The standard InChI is InChI=1S/C26H17ClF3N3O/c1-25(2)23-22(32-24(33-23)17-11-12-31-14-20(17)27)18-10-8-15(13-21(18)34-25)7-9-16-5-3-4-6-19(16)26(28,29)30/h3-6,8,10-14H,1-2H3,(H,32,33). The molecule has 34 heavy (non-hydrogen) atoms. The Morgan fingerprint density at radius 2 is 1.82 bits per heavy atom. The number of halogens is 4. The molecule has 1 N–H and O–H groups in total. The van der Waals surface area contributed by atoms with E-state index in [0.717, 1.165) is 23.0 Å². The van der Waals surface area contributed by atoms with Crippen molar-refractivity contribution in [1.82, 2.24) is 15.0 Å². The number of benzene rings is 2. The second-order valence-corrected chi connectivity index (χ2v) is 8.69. The lowest BCUT2D eigenvalue weighted by Crippen LogP contribution is -2.29. The van der Waals surface area contributed by atoms with Crippen molar-refractivity contribution in [2.75, 3.05) is 0 Å². The fourth-order valence-corrected chi connectivity index (χ4v) is 4.10. The number of nitrogens with zero attached hydrogens (tertiary/aromatic N) is 2. The summed E-state index contributed by atoms with van der Waals surface area (Å²) in [5.74, 6) is 6.63. The SMILES string of the molecule is CC1(C)Oc2cc(C#Cc3ccccc3C(F)(F)F)ccc2-c2[nH]c(-c3ccncc3Cl)nc21. The number of H-pyrrole nitrogens is 1. The third kappa shape index (κ3) is 3.91. The maximum Gasteiger partial charge on any atom is 0.417 e. The van der Waals surface area contributed by atoms with E-state index >= 15 is 0 Å². The first-order valence-corrected chi connectivity index (χ1v) is 10.7. The Morgan fingerprint density at radius 3 is 2.59 bits per heavy atom. The van der Waals surface area contributed by atoms with E-state index in [1.165, 1.54) is 18.2 Å². The zero-order valence-corrected chi connectivity index (χ0v) is 18.8. The molecule has 1 aliphatic heterocycles. The van der Waals surface area contributed by atoms with Crippen molar-refractivity contribution < 1.29 is 17.9 Å². The van der Waals surface area contributed by atoms with Crippen LogP contribution in [0, 0.1) is 11.8 Å². The van der Waals surface area contributed by atoms with E-state index in [-0.39, 0.29) is 5.56 Å². The first-order valence-electron chi connectivity index (χ1n) is 10.4. The van der Waals surface area contributed by atoms with Gasteiger partial charge in [0.05, 0.1) is 16.3 Å². The Morgan fingerprint density at radius 1 is 1.03 bits per heavy atom. The Labute approximate surface area is 198 Å². The fraction of sp³-hybridized carbons (Fsp3) is 0.154. The average molecular weight is 480 g/mol. The molecule has 0 spiro atoms. The summed E-state index contributed by atoms with van der Waals surface area (Å²) in [7, 11) is 0. The Balaban J connectivity index is 1.56. The molecule has 5 rings (SSSR count). The highest BCUT2D eigenvalue weighted by Crippen LogP contribution is 2.45. The molecule has 2 aromatic carbocycles. The highest BCUT2D eigenvalue weighted by molar-refractivity contribution is 6.33. The van der Waals surface area contributed by atoms with Crippen LogP contribution >= 0.6 is 11.6 Å². The number of rotatable bonds is 1.